The Bertz CT molecular complexity index is 758. The molecule has 4 nitrogen and oxygen atoms in total. The summed E-state index contributed by atoms with van der Waals surface area (Å²) >= 11 is 6.07. The third kappa shape index (κ3) is 2.83. The van der Waals surface area contributed by atoms with Gasteiger partial charge >= 0.3 is 0 Å². The number of benzene rings is 2. The van der Waals surface area contributed by atoms with Crippen LogP contribution in [0.15, 0.2) is 42.5 Å². The lowest BCUT2D eigenvalue weighted by molar-refractivity contribution is -0.123. The third-order valence-electron chi connectivity index (χ3n) is 3.76. The molecule has 0 radical (unpaired) electrons. The lowest BCUT2D eigenvalue weighted by Crippen LogP contribution is -2.30. The van der Waals surface area contributed by atoms with Gasteiger partial charge in [0, 0.05) is 22.8 Å². The minimum atomic E-state index is -0.495. The predicted octanol–water partition coefficient (Wildman–Crippen LogP) is 3.71. The zero-order chi connectivity index (χ0) is 15.7. The Morgan fingerprint density at radius 3 is 2.82 bits per heavy atom. The van der Waals surface area contributed by atoms with Gasteiger partial charge in [-0.1, -0.05) is 35.9 Å². The number of hydrogen-bond donors (Lipinski definition) is 2. The Hall–Kier alpha value is -2.33. The fraction of sp³-hybridized carbons (Fsp3) is 0.176. The van der Waals surface area contributed by atoms with Gasteiger partial charge in [-0.3, -0.25) is 9.59 Å². The van der Waals surface area contributed by atoms with Crippen LogP contribution >= 0.6 is 11.6 Å². The minimum absolute atomic E-state index is 0.141. The molecule has 0 bridgehead atoms. The number of aryl methyl sites for hydroxylation is 1. The van der Waals surface area contributed by atoms with Gasteiger partial charge in [0.05, 0.1) is 5.92 Å². The van der Waals surface area contributed by atoms with Gasteiger partial charge in [0.15, 0.2) is 0 Å². The number of rotatable bonds is 2. The van der Waals surface area contributed by atoms with Gasteiger partial charge in [0.1, 0.15) is 0 Å². The van der Waals surface area contributed by atoms with Gasteiger partial charge in [-0.05, 0) is 36.2 Å². The zero-order valence-corrected chi connectivity index (χ0v) is 12.8. The number of para-hydroxylation sites is 1. The summed E-state index contributed by atoms with van der Waals surface area (Å²) in [6, 6.07) is 12.7. The van der Waals surface area contributed by atoms with Crippen LogP contribution < -0.4 is 10.6 Å². The highest BCUT2D eigenvalue weighted by Crippen LogP contribution is 2.33. The highest BCUT2D eigenvalue weighted by Gasteiger charge is 2.30. The number of nitrogens with one attached hydrogen (secondary N) is 2. The van der Waals surface area contributed by atoms with Gasteiger partial charge in [0.2, 0.25) is 11.8 Å². The highest BCUT2D eigenvalue weighted by atomic mass is 35.5. The number of hydrogen-bond acceptors (Lipinski definition) is 2. The third-order valence-corrected chi connectivity index (χ3v) is 4.16. The van der Waals surface area contributed by atoms with Crippen molar-refractivity contribution in [3.05, 3.63) is 58.6 Å². The van der Waals surface area contributed by atoms with Crippen LogP contribution in [0.4, 0.5) is 11.4 Å². The maximum atomic E-state index is 12.5. The lowest BCUT2D eigenvalue weighted by atomic mass is 9.90. The van der Waals surface area contributed by atoms with Crippen LogP contribution in [-0.4, -0.2) is 11.8 Å². The summed E-state index contributed by atoms with van der Waals surface area (Å²) in [7, 11) is 0. The van der Waals surface area contributed by atoms with Gasteiger partial charge in [0.25, 0.3) is 0 Å². The van der Waals surface area contributed by atoms with E-state index in [0.717, 1.165) is 11.1 Å². The highest BCUT2D eigenvalue weighted by molar-refractivity contribution is 6.31. The number of carbonyl (C=O) groups is 2. The van der Waals surface area contributed by atoms with Crippen molar-refractivity contribution < 1.29 is 9.59 Å². The van der Waals surface area contributed by atoms with E-state index >= 15 is 0 Å². The molecule has 1 heterocycles. The molecule has 0 spiro atoms. The summed E-state index contributed by atoms with van der Waals surface area (Å²) in [5.41, 5.74) is 3.10. The Morgan fingerprint density at radius 1 is 1.27 bits per heavy atom. The van der Waals surface area contributed by atoms with E-state index in [0.29, 0.717) is 16.4 Å². The molecule has 1 aliphatic rings. The van der Waals surface area contributed by atoms with Crippen LogP contribution in [0.3, 0.4) is 0 Å². The van der Waals surface area contributed by atoms with E-state index in [1.165, 1.54) is 0 Å². The van der Waals surface area contributed by atoms with E-state index in [2.05, 4.69) is 10.6 Å². The maximum absolute atomic E-state index is 12.5. The molecule has 0 saturated carbocycles. The summed E-state index contributed by atoms with van der Waals surface area (Å²) in [6.45, 7) is 1.90. The first-order valence-electron chi connectivity index (χ1n) is 7.00. The van der Waals surface area contributed by atoms with E-state index in [9.17, 15) is 9.59 Å². The summed E-state index contributed by atoms with van der Waals surface area (Å²) in [5.74, 6) is -0.854. The second-order valence-corrected chi connectivity index (χ2v) is 5.75. The van der Waals surface area contributed by atoms with Crippen molar-refractivity contribution in [2.75, 3.05) is 10.6 Å². The summed E-state index contributed by atoms with van der Waals surface area (Å²) in [5, 5.41) is 6.22. The quantitative estimate of drug-likeness (QED) is 0.887. The van der Waals surface area contributed by atoms with E-state index < -0.39 is 5.92 Å². The Morgan fingerprint density at radius 2 is 2.05 bits per heavy atom. The standard InChI is InChI=1S/C17H15ClN2O2/c1-10-6-7-11(8-14(10)18)19-17(22)13-9-16(21)20-15-5-3-2-4-12(13)15/h2-8,13H,9H2,1H3,(H,19,22)(H,20,21). The van der Waals surface area contributed by atoms with Crippen LogP contribution in [0.25, 0.3) is 0 Å². The van der Waals surface area contributed by atoms with Crippen molar-refractivity contribution >= 4 is 34.8 Å². The molecule has 2 amide bonds. The molecule has 0 aromatic heterocycles. The van der Waals surface area contributed by atoms with Crippen molar-refractivity contribution in [1.82, 2.24) is 0 Å². The number of halogens is 1. The average molecular weight is 315 g/mol. The van der Waals surface area contributed by atoms with Crippen molar-refractivity contribution in [3.8, 4) is 0 Å². The Labute approximate surface area is 133 Å². The van der Waals surface area contributed by atoms with Crippen molar-refractivity contribution in [3.63, 3.8) is 0 Å². The molecular weight excluding hydrogens is 300 g/mol. The van der Waals surface area contributed by atoms with Crippen molar-refractivity contribution in [2.45, 2.75) is 19.3 Å². The van der Waals surface area contributed by atoms with Crippen LogP contribution in [0.5, 0.6) is 0 Å². The molecular formula is C17H15ClN2O2. The molecule has 0 fully saturated rings. The molecule has 1 unspecified atom stereocenters. The molecule has 2 aromatic carbocycles. The Kier molecular flexibility index (Phi) is 3.86. The lowest BCUT2D eigenvalue weighted by Gasteiger charge is -2.24. The summed E-state index contributed by atoms with van der Waals surface area (Å²) in [4.78, 5) is 24.3. The Balaban J connectivity index is 1.86. The fourth-order valence-electron chi connectivity index (χ4n) is 2.55. The van der Waals surface area contributed by atoms with E-state index in [1.54, 1.807) is 18.2 Å². The topological polar surface area (TPSA) is 58.2 Å². The molecule has 1 aliphatic heterocycles. The molecule has 22 heavy (non-hydrogen) atoms. The largest absolute Gasteiger partial charge is 0.326 e. The maximum Gasteiger partial charge on any atom is 0.232 e. The van der Waals surface area contributed by atoms with E-state index in [-0.39, 0.29) is 18.2 Å². The molecule has 0 saturated heterocycles. The molecule has 1 atom stereocenters. The summed E-state index contributed by atoms with van der Waals surface area (Å²) in [6.07, 6.45) is 0.141. The van der Waals surface area contributed by atoms with E-state index in [4.69, 9.17) is 11.6 Å². The monoisotopic (exact) mass is 314 g/mol. The normalized spacial score (nSPS) is 16.6. The summed E-state index contributed by atoms with van der Waals surface area (Å²) < 4.78 is 0. The molecule has 3 rings (SSSR count). The van der Waals surface area contributed by atoms with Gasteiger partial charge < -0.3 is 10.6 Å². The smallest absolute Gasteiger partial charge is 0.232 e. The number of carbonyl (C=O) groups excluding carboxylic acids is 2. The molecule has 2 aromatic rings. The molecule has 2 N–H and O–H groups in total. The number of fused-ring (bicyclic) bond motifs is 1. The SMILES string of the molecule is Cc1ccc(NC(=O)C2CC(=O)Nc3ccccc32)cc1Cl. The number of amides is 2. The molecule has 5 heteroatoms. The first kappa shape index (κ1) is 14.6. The number of anilines is 2. The molecule has 0 aliphatic carbocycles. The van der Waals surface area contributed by atoms with Gasteiger partial charge in [-0.15, -0.1) is 0 Å². The van der Waals surface area contributed by atoms with Gasteiger partial charge in [-0.25, -0.2) is 0 Å². The fourth-order valence-corrected chi connectivity index (χ4v) is 2.73. The second kappa shape index (κ2) is 5.81. The van der Waals surface area contributed by atoms with Crippen LogP contribution in [0.2, 0.25) is 5.02 Å². The van der Waals surface area contributed by atoms with E-state index in [1.807, 2.05) is 31.2 Å². The first-order valence-corrected chi connectivity index (χ1v) is 7.38. The van der Waals surface area contributed by atoms with Crippen LogP contribution in [-0.2, 0) is 9.59 Å². The van der Waals surface area contributed by atoms with Crippen LogP contribution in [0.1, 0.15) is 23.5 Å². The van der Waals surface area contributed by atoms with Crippen molar-refractivity contribution in [2.24, 2.45) is 0 Å². The molecule has 112 valence electrons. The van der Waals surface area contributed by atoms with Crippen LogP contribution in [0, 0.1) is 6.92 Å². The van der Waals surface area contributed by atoms with Crippen molar-refractivity contribution in [1.29, 1.82) is 0 Å². The predicted molar refractivity (Wildman–Crippen MR) is 87.2 cm³/mol. The zero-order valence-electron chi connectivity index (χ0n) is 12.0. The minimum Gasteiger partial charge on any atom is -0.326 e. The first-order chi connectivity index (χ1) is 10.5. The van der Waals surface area contributed by atoms with Gasteiger partial charge in [-0.2, -0.15) is 0 Å². The second-order valence-electron chi connectivity index (χ2n) is 5.35. The average Bonchev–Trinajstić information content (AvgIpc) is 2.50.